The number of carbonyl (C=O) groups is 1. The lowest BCUT2D eigenvalue weighted by molar-refractivity contribution is 0.134. The molecule has 1 fully saturated rings. The van der Waals surface area contributed by atoms with Gasteiger partial charge in [-0.15, -0.1) is 0 Å². The van der Waals surface area contributed by atoms with Crippen LogP contribution < -0.4 is 5.43 Å². The lowest BCUT2D eigenvalue weighted by Gasteiger charge is -2.12. The van der Waals surface area contributed by atoms with Crippen LogP contribution in [0, 0.1) is 0 Å². The molecule has 0 spiro atoms. The topological polar surface area (TPSA) is 59.9 Å². The average molecular weight is 172 g/mol. The minimum absolute atomic E-state index is 0.533. The average Bonchev–Trinajstić information content (AvgIpc) is 2.16. The van der Waals surface area contributed by atoms with Crippen LogP contribution in [0.2, 0.25) is 0 Å². The van der Waals surface area contributed by atoms with Crippen molar-refractivity contribution in [2.24, 2.45) is 5.10 Å². The lowest BCUT2D eigenvalue weighted by atomic mass is 10.2. The maximum Gasteiger partial charge on any atom is 0.427 e. The molecule has 0 bridgehead atoms. The molecule has 1 aliphatic heterocycles. The number of ether oxygens (including phenoxy) is 2. The van der Waals surface area contributed by atoms with Crippen molar-refractivity contribution in [1.29, 1.82) is 0 Å². The first-order valence-electron chi connectivity index (χ1n) is 3.80. The Morgan fingerprint density at radius 2 is 2.25 bits per heavy atom. The van der Waals surface area contributed by atoms with Crippen LogP contribution in [-0.4, -0.2) is 32.1 Å². The fourth-order valence-electron chi connectivity index (χ4n) is 0.889. The van der Waals surface area contributed by atoms with Crippen molar-refractivity contribution in [3.63, 3.8) is 0 Å². The fraction of sp³-hybridized carbons (Fsp3) is 0.714. The van der Waals surface area contributed by atoms with E-state index in [4.69, 9.17) is 4.74 Å². The molecule has 1 saturated heterocycles. The molecular weight excluding hydrogens is 160 g/mol. The quantitative estimate of drug-likeness (QED) is 0.586. The first-order chi connectivity index (χ1) is 5.83. The highest BCUT2D eigenvalue weighted by atomic mass is 16.5. The van der Waals surface area contributed by atoms with Crippen LogP contribution in [0.4, 0.5) is 4.79 Å². The largest absolute Gasteiger partial charge is 0.452 e. The highest BCUT2D eigenvalue weighted by Crippen LogP contribution is 2.01. The predicted octanol–water partition coefficient (Wildman–Crippen LogP) is 0.509. The van der Waals surface area contributed by atoms with Gasteiger partial charge >= 0.3 is 6.09 Å². The summed E-state index contributed by atoms with van der Waals surface area (Å²) < 4.78 is 9.46. The number of hydrogen-bond donors (Lipinski definition) is 1. The number of nitrogens with one attached hydrogen (secondary N) is 1. The number of amides is 1. The molecule has 0 radical (unpaired) electrons. The summed E-state index contributed by atoms with van der Waals surface area (Å²) in [6.45, 7) is 1.36. The normalized spacial score (nSPS) is 16.9. The summed E-state index contributed by atoms with van der Waals surface area (Å²) in [5.74, 6) is 0. The van der Waals surface area contributed by atoms with Gasteiger partial charge in [0.2, 0.25) is 0 Å². The van der Waals surface area contributed by atoms with Crippen molar-refractivity contribution in [3.8, 4) is 0 Å². The third-order valence-corrected chi connectivity index (χ3v) is 1.56. The first kappa shape index (κ1) is 8.99. The van der Waals surface area contributed by atoms with E-state index >= 15 is 0 Å². The van der Waals surface area contributed by atoms with E-state index in [0.29, 0.717) is 13.2 Å². The van der Waals surface area contributed by atoms with Gasteiger partial charge in [-0.25, -0.2) is 10.2 Å². The van der Waals surface area contributed by atoms with Crippen LogP contribution in [0.5, 0.6) is 0 Å². The highest BCUT2D eigenvalue weighted by molar-refractivity contribution is 5.86. The van der Waals surface area contributed by atoms with E-state index in [1.165, 1.54) is 7.11 Å². The van der Waals surface area contributed by atoms with E-state index < -0.39 is 6.09 Å². The molecule has 0 unspecified atom stereocenters. The van der Waals surface area contributed by atoms with E-state index in [0.717, 1.165) is 18.6 Å². The monoisotopic (exact) mass is 172 g/mol. The van der Waals surface area contributed by atoms with Crippen molar-refractivity contribution in [3.05, 3.63) is 0 Å². The molecule has 5 nitrogen and oxygen atoms in total. The van der Waals surface area contributed by atoms with Crippen molar-refractivity contribution >= 4 is 11.8 Å². The lowest BCUT2D eigenvalue weighted by Crippen LogP contribution is -2.22. The van der Waals surface area contributed by atoms with Gasteiger partial charge in [0.1, 0.15) is 0 Å². The number of hydrazone groups is 1. The predicted molar refractivity (Wildman–Crippen MR) is 43.0 cm³/mol. The summed E-state index contributed by atoms with van der Waals surface area (Å²) in [4.78, 5) is 10.6. The van der Waals surface area contributed by atoms with Gasteiger partial charge in [0.05, 0.1) is 20.3 Å². The maximum absolute atomic E-state index is 10.6. The number of methoxy groups -OCH3 is 1. The minimum atomic E-state index is -0.533. The second-order valence-electron chi connectivity index (χ2n) is 2.39. The second kappa shape index (κ2) is 4.71. The van der Waals surface area contributed by atoms with Crippen molar-refractivity contribution in [1.82, 2.24) is 5.43 Å². The van der Waals surface area contributed by atoms with Gasteiger partial charge < -0.3 is 9.47 Å². The van der Waals surface area contributed by atoms with Gasteiger partial charge in [-0.3, -0.25) is 0 Å². The van der Waals surface area contributed by atoms with Crippen LogP contribution in [0.25, 0.3) is 0 Å². The fourth-order valence-corrected chi connectivity index (χ4v) is 0.889. The Hall–Kier alpha value is -1.10. The second-order valence-corrected chi connectivity index (χ2v) is 2.39. The van der Waals surface area contributed by atoms with Gasteiger partial charge in [-0.2, -0.15) is 5.10 Å². The summed E-state index contributed by atoms with van der Waals surface area (Å²) in [5.41, 5.74) is 3.22. The SMILES string of the molecule is COC(=O)NN=C1CCOCC1. The van der Waals surface area contributed by atoms with Gasteiger partial charge in [0.25, 0.3) is 0 Å². The van der Waals surface area contributed by atoms with Crippen LogP contribution in [0.15, 0.2) is 5.10 Å². The molecule has 0 aromatic heterocycles. The Morgan fingerprint density at radius 1 is 1.58 bits per heavy atom. The third kappa shape index (κ3) is 2.87. The smallest absolute Gasteiger partial charge is 0.427 e. The van der Waals surface area contributed by atoms with E-state index in [9.17, 15) is 4.79 Å². The van der Waals surface area contributed by atoms with Crippen LogP contribution >= 0.6 is 0 Å². The van der Waals surface area contributed by atoms with Gasteiger partial charge in [0.15, 0.2) is 0 Å². The number of carbonyl (C=O) groups excluding carboxylic acids is 1. The molecule has 5 heteroatoms. The summed E-state index contributed by atoms with van der Waals surface area (Å²) in [7, 11) is 1.31. The number of hydrogen-bond acceptors (Lipinski definition) is 4. The molecule has 1 rings (SSSR count). The maximum atomic E-state index is 10.6. The molecule has 1 aliphatic rings. The summed E-state index contributed by atoms with van der Waals surface area (Å²) in [6.07, 6.45) is 1.03. The van der Waals surface area contributed by atoms with Gasteiger partial charge in [0, 0.05) is 18.6 Å². The van der Waals surface area contributed by atoms with Crippen molar-refractivity contribution in [2.45, 2.75) is 12.8 Å². The molecule has 0 aromatic rings. The van der Waals surface area contributed by atoms with E-state index in [1.54, 1.807) is 0 Å². The first-order valence-corrected chi connectivity index (χ1v) is 3.80. The van der Waals surface area contributed by atoms with Gasteiger partial charge in [-0.1, -0.05) is 0 Å². The van der Waals surface area contributed by atoms with Crippen molar-refractivity contribution < 1.29 is 14.3 Å². The third-order valence-electron chi connectivity index (χ3n) is 1.56. The molecule has 0 saturated carbocycles. The molecule has 0 aromatic carbocycles. The molecule has 0 atom stereocenters. The zero-order chi connectivity index (χ0) is 8.81. The molecule has 68 valence electrons. The standard InChI is InChI=1S/C7H12N2O3/c1-11-7(10)9-8-6-2-4-12-5-3-6/h2-5H2,1H3,(H,9,10). The minimum Gasteiger partial charge on any atom is -0.452 e. The van der Waals surface area contributed by atoms with E-state index in [1.807, 2.05) is 0 Å². The zero-order valence-electron chi connectivity index (χ0n) is 7.00. The summed E-state index contributed by atoms with van der Waals surface area (Å²) >= 11 is 0. The van der Waals surface area contributed by atoms with Crippen LogP contribution in [-0.2, 0) is 9.47 Å². The zero-order valence-corrected chi connectivity index (χ0v) is 7.00. The molecule has 0 aliphatic carbocycles. The molecular formula is C7H12N2O3. The number of nitrogens with zero attached hydrogens (tertiary/aromatic N) is 1. The summed E-state index contributed by atoms with van der Waals surface area (Å²) in [6, 6.07) is 0. The Labute approximate surface area is 70.7 Å². The molecule has 1 amide bonds. The van der Waals surface area contributed by atoms with Gasteiger partial charge in [-0.05, 0) is 0 Å². The highest BCUT2D eigenvalue weighted by Gasteiger charge is 2.07. The Kier molecular flexibility index (Phi) is 3.53. The van der Waals surface area contributed by atoms with Crippen molar-refractivity contribution in [2.75, 3.05) is 20.3 Å². The molecule has 12 heavy (non-hydrogen) atoms. The number of rotatable bonds is 1. The van der Waals surface area contributed by atoms with E-state index in [2.05, 4.69) is 15.3 Å². The Morgan fingerprint density at radius 3 is 2.83 bits per heavy atom. The molecule has 1 heterocycles. The Balaban J connectivity index is 2.29. The van der Waals surface area contributed by atoms with Crippen LogP contribution in [0.1, 0.15) is 12.8 Å². The van der Waals surface area contributed by atoms with E-state index in [-0.39, 0.29) is 0 Å². The summed E-state index contributed by atoms with van der Waals surface area (Å²) in [5, 5.41) is 3.87. The van der Waals surface area contributed by atoms with Crippen LogP contribution in [0.3, 0.4) is 0 Å². The Bertz CT molecular complexity index is 183. The molecule has 1 N–H and O–H groups in total.